The number of ether oxygens (including phenoxy) is 2. The molecule has 0 bridgehead atoms. The average Bonchev–Trinajstić information content (AvgIpc) is 2.38. The van der Waals surface area contributed by atoms with E-state index in [0.717, 1.165) is 0 Å². The summed E-state index contributed by atoms with van der Waals surface area (Å²) in [5.41, 5.74) is 0.363. The molecule has 0 aromatic heterocycles. The summed E-state index contributed by atoms with van der Waals surface area (Å²) in [5, 5.41) is 0. The molecule has 7 heteroatoms. The van der Waals surface area contributed by atoms with E-state index in [1.165, 1.54) is 13.0 Å². The molecule has 20 heavy (non-hydrogen) atoms. The molecule has 106 valence electrons. The summed E-state index contributed by atoms with van der Waals surface area (Å²) in [6, 6.07) is 3.12. The van der Waals surface area contributed by atoms with Gasteiger partial charge in [-0.1, -0.05) is 22.5 Å². The molecule has 0 heterocycles. The van der Waals surface area contributed by atoms with Gasteiger partial charge in [0.05, 0.1) is 10.0 Å². The van der Waals surface area contributed by atoms with Gasteiger partial charge in [-0.2, -0.15) is 0 Å². The van der Waals surface area contributed by atoms with Crippen molar-refractivity contribution >= 4 is 50.1 Å². The third-order valence-corrected chi connectivity index (χ3v) is 3.10. The number of hydrogen-bond acceptors (Lipinski definition) is 5. The highest BCUT2D eigenvalue weighted by molar-refractivity contribution is 9.11. The van der Waals surface area contributed by atoms with Gasteiger partial charge in [0, 0.05) is 10.0 Å². The van der Waals surface area contributed by atoms with E-state index in [0.29, 0.717) is 15.2 Å². The Morgan fingerprint density at radius 2 is 2.00 bits per heavy atom. The topological polar surface area (TPSA) is 69.7 Å². The average molecular weight is 406 g/mol. The molecule has 0 saturated carbocycles. The monoisotopic (exact) mass is 404 g/mol. The Bertz CT molecular complexity index is 580. The van der Waals surface area contributed by atoms with E-state index in [-0.39, 0.29) is 16.9 Å². The number of carbonyl (C=O) groups excluding carboxylic acids is 3. The van der Waals surface area contributed by atoms with Crippen molar-refractivity contribution in [3.63, 3.8) is 0 Å². The first kappa shape index (κ1) is 16.6. The number of rotatable bonds is 5. The normalized spacial score (nSPS) is 9.75. The van der Waals surface area contributed by atoms with Crippen molar-refractivity contribution in [2.24, 2.45) is 0 Å². The maximum Gasteiger partial charge on any atom is 0.349 e. The van der Waals surface area contributed by atoms with Gasteiger partial charge in [-0.05, 0) is 35.0 Å². The van der Waals surface area contributed by atoms with Crippen LogP contribution in [0.4, 0.5) is 0 Å². The molecule has 0 fully saturated rings. The fourth-order valence-electron chi connectivity index (χ4n) is 1.17. The van der Waals surface area contributed by atoms with E-state index in [1.807, 2.05) is 0 Å². The lowest BCUT2D eigenvalue weighted by Gasteiger charge is -2.09. The second-order valence-electron chi connectivity index (χ2n) is 3.75. The molecule has 1 aromatic carbocycles. The van der Waals surface area contributed by atoms with Crippen molar-refractivity contribution in [2.75, 3.05) is 6.61 Å². The Balaban J connectivity index is 2.78. The van der Waals surface area contributed by atoms with Gasteiger partial charge in [-0.15, -0.1) is 0 Å². The fraction of sp³-hybridized carbons (Fsp3) is 0.154. The largest absolute Gasteiger partial charge is 0.450 e. The number of benzene rings is 1. The first-order valence-electron chi connectivity index (χ1n) is 5.32. The van der Waals surface area contributed by atoms with Crippen LogP contribution in [0.5, 0.6) is 5.75 Å². The second kappa shape index (κ2) is 7.35. The van der Waals surface area contributed by atoms with Crippen molar-refractivity contribution in [3.05, 3.63) is 38.8 Å². The SMILES string of the molecule is C=C(C)C(=O)OCC(=O)Oc1c(Br)cc(Br)cc1C=O. The van der Waals surface area contributed by atoms with Gasteiger partial charge in [0.2, 0.25) is 0 Å². The molecule has 0 atom stereocenters. The molecule has 5 nitrogen and oxygen atoms in total. The molecule has 0 unspecified atom stereocenters. The second-order valence-corrected chi connectivity index (χ2v) is 5.52. The summed E-state index contributed by atoms with van der Waals surface area (Å²) in [4.78, 5) is 33.6. The lowest BCUT2D eigenvalue weighted by atomic mass is 10.2. The fourth-order valence-corrected chi connectivity index (χ4v) is 2.51. The first-order chi connectivity index (χ1) is 9.35. The molecule has 1 rings (SSSR count). The van der Waals surface area contributed by atoms with Crippen LogP contribution in [-0.2, 0) is 14.3 Å². The highest BCUT2D eigenvalue weighted by Crippen LogP contribution is 2.32. The minimum atomic E-state index is -0.800. The van der Waals surface area contributed by atoms with E-state index >= 15 is 0 Å². The van der Waals surface area contributed by atoms with Crippen molar-refractivity contribution < 1.29 is 23.9 Å². The van der Waals surface area contributed by atoms with Gasteiger partial charge in [0.25, 0.3) is 0 Å². The predicted octanol–water partition coefficient (Wildman–Crippen LogP) is 3.05. The van der Waals surface area contributed by atoms with Crippen LogP contribution >= 0.6 is 31.9 Å². The molecular formula is C13H10Br2O5. The molecule has 0 N–H and O–H groups in total. The lowest BCUT2D eigenvalue weighted by molar-refractivity contribution is -0.150. The smallest absolute Gasteiger partial charge is 0.349 e. The third-order valence-electron chi connectivity index (χ3n) is 2.05. The highest BCUT2D eigenvalue weighted by atomic mass is 79.9. The maximum atomic E-state index is 11.6. The van der Waals surface area contributed by atoms with Crippen LogP contribution in [0, 0.1) is 0 Å². The van der Waals surface area contributed by atoms with Crippen molar-refractivity contribution in [2.45, 2.75) is 6.92 Å². The number of carbonyl (C=O) groups is 3. The lowest BCUT2D eigenvalue weighted by Crippen LogP contribution is -2.19. The minimum Gasteiger partial charge on any atom is -0.450 e. The Labute approximate surface area is 132 Å². The van der Waals surface area contributed by atoms with E-state index in [1.54, 1.807) is 6.07 Å². The molecule has 0 saturated heterocycles. The van der Waals surface area contributed by atoms with Crippen molar-refractivity contribution in [3.8, 4) is 5.75 Å². The standard InChI is InChI=1S/C13H10Br2O5/c1-7(2)13(18)19-6-11(17)20-12-8(5-16)3-9(14)4-10(12)15/h3-5H,1,6H2,2H3. The maximum absolute atomic E-state index is 11.6. The highest BCUT2D eigenvalue weighted by Gasteiger charge is 2.15. The number of hydrogen-bond donors (Lipinski definition) is 0. The predicted molar refractivity (Wildman–Crippen MR) is 78.6 cm³/mol. The van der Waals surface area contributed by atoms with Crippen LogP contribution < -0.4 is 4.74 Å². The summed E-state index contributed by atoms with van der Waals surface area (Å²) in [5.74, 6) is -1.42. The first-order valence-corrected chi connectivity index (χ1v) is 6.91. The van der Waals surface area contributed by atoms with Crippen LogP contribution in [0.25, 0.3) is 0 Å². The zero-order chi connectivity index (χ0) is 15.3. The van der Waals surface area contributed by atoms with Crippen LogP contribution in [-0.4, -0.2) is 24.8 Å². The van der Waals surface area contributed by atoms with Crippen molar-refractivity contribution in [1.82, 2.24) is 0 Å². The number of aldehydes is 1. The van der Waals surface area contributed by atoms with Gasteiger partial charge in [-0.25, -0.2) is 9.59 Å². The van der Waals surface area contributed by atoms with Crippen LogP contribution in [0.2, 0.25) is 0 Å². The third kappa shape index (κ3) is 4.57. The summed E-state index contributed by atoms with van der Waals surface area (Å²) in [6.45, 7) is 4.28. The van der Waals surface area contributed by atoms with Gasteiger partial charge in [0.1, 0.15) is 0 Å². The quantitative estimate of drug-likeness (QED) is 0.326. The van der Waals surface area contributed by atoms with Gasteiger partial charge < -0.3 is 9.47 Å². The van der Waals surface area contributed by atoms with Crippen LogP contribution in [0.1, 0.15) is 17.3 Å². The summed E-state index contributed by atoms with van der Waals surface area (Å²) < 4.78 is 10.7. The van der Waals surface area contributed by atoms with E-state index < -0.39 is 18.5 Å². The Kier molecular flexibility index (Phi) is 6.09. The molecular weight excluding hydrogens is 396 g/mol. The zero-order valence-corrected chi connectivity index (χ0v) is 13.6. The minimum absolute atomic E-state index is 0.0690. The van der Waals surface area contributed by atoms with Gasteiger partial charge in [-0.3, -0.25) is 4.79 Å². The molecule has 1 aromatic rings. The molecule has 0 aliphatic rings. The molecule has 0 aliphatic carbocycles. The van der Waals surface area contributed by atoms with E-state index in [4.69, 9.17) is 4.74 Å². The Morgan fingerprint density at radius 1 is 1.35 bits per heavy atom. The van der Waals surface area contributed by atoms with E-state index in [9.17, 15) is 14.4 Å². The van der Waals surface area contributed by atoms with Crippen molar-refractivity contribution in [1.29, 1.82) is 0 Å². The molecule has 0 aliphatic heterocycles. The molecule has 0 radical (unpaired) electrons. The summed E-state index contributed by atoms with van der Waals surface area (Å²) >= 11 is 6.39. The summed E-state index contributed by atoms with van der Waals surface area (Å²) in [6.07, 6.45) is 0.554. The summed E-state index contributed by atoms with van der Waals surface area (Å²) in [7, 11) is 0. The molecule has 0 spiro atoms. The Morgan fingerprint density at radius 3 is 2.55 bits per heavy atom. The van der Waals surface area contributed by atoms with Crippen LogP contribution in [0.15, 0.2) is 33.2 Å². The van der Waals surface area contributed by atoms with E-state index in [2.05, 4.69) is 43.2 Å². The number of esters is 2. The number of halogens is 2. The Hall–Kier alpha value is -1.47. The van der Waals surface area contributed by atoms with Gasteiger partial charge in [0.15, 0.2) is 18.6 Å². The van der Waals surface area contributed by atoms with Crippen LogP contribution in [0.3, 0.4) is 0 Å². The zero-order valence-electron chi connectivity index (χ0n) is 10.4. The van der Waals surface area contributed by atoms with Gasteiger partial charge >= 0.3 is 11.9 Å². The molecule has 0 amide bonds.